The minimum Gasteiger partial charge on any atom is -0.355 e. The van der Waals surface area contributed by atoms with Crippen molar-refractivity contribution in [3.63, 3.8) is 0 Å². The molecule has 0 spiro atoms. The van der Waals surface area contributed by atoms with E-state index in [9.17, 15) is 0 Å². The Morgan fingerprint density at radius 3 is 0.920 bits per heavy atom. The topological polar surface area (TPSA) is 139 Å². The second kappa shape index (κ2) is 25.7. The zero-order valence-electron chi connectivity index (χ0n) is 54.4. The first-order valence-corrected chi connectivity index (χ1v) is 33.8. The van der Waals surface area contributed by atoms with Crippen molar-refractivity contribution in [3.8, 4) is 22.3 Å². The molecule has 4 N–H and O–H groups in total. The fourth-order valence-corrected chi connectivity index (χ4v) is 13.7. The summed E-state index contributed by atoms with van der Waals surface area (Å²) >= 11 is 0. The Bertz CT molecular complexity index is 5700. The molecule has 0 atom stereocenters. The number of nitrogens with zero attached hydrogens (tertiary/aromatic N) is 6. The van der Waals surface area contributed by atoms with Gasteiger partial charge in [0, 0.05) is 77.6 Å². The maximum atomic E-state index is 5.11. The summed E-state index contributed by atoms with van der Waals surface area (Å²) in [5.41, 5.74) is 42.1. The molecule has 10 nitrogen and oxygen atoms in total. The molecule has 0 saturated heterocycles. The number of aromatic nitrogens is 8. The molecule has 0 amide bonds. The third-order valence-electron chi connectivity index (χ3n) is 18.8. The molecule has 0 fully saturated rings. The minimum absolute atomic E-state index is 0.843. The lowest BCUT2D eigenvalue weighted by Gasteiger charge is -2.06. The SMILES string of the molecule is C1=C(c2ccc(CCc3cccc(N=Nc4cccc(CCc5ccc(C6=C=C(c7ccc(-c8c9nc(cc%10ccc(cc%11nc(cc%12ccc8[nH]%12)C=C%11)[nH]%10)C=C9)cc7)C=C6)cc5)c4)c3)cc2)C=CC=1c1ccc(-c2c3nc(cc4ccc(cc5nc(cc6ccc2[nH]6)C=C5)[nH]4)C=C3)cc1. The fourth-order valence-electron chi connectivity index (χ4n) is 13.7. The van der Waals surface area contributed by atoms with Gasteiger partial charge in [-0.25, -0.2) is 19.9 Å². The summed E-state index contributed by atoms with van der Waals surface area (Å²) in [4.78, 5) is 34.1. The number of benzene rings is 6. The van der Waals surface area contributed by atoms with Crippen LogP contribution in [-0.2, 0) is 25.7 Å². The molecule has 100 heavy (non-hydrogen) atoms. The predicted octanol–water partition coefficient (Wildman–Crippen LogP) is 22.2. The quantitative estimate of drug-likeness (QED) is 0.0636. The van der Waals surface area contributed by atoms with Crippen molar-refractivity contribution in [1.29, 1.82) is 0 Å². The van der Waals surface area contributed by atoms with E-state index in [1.54, 1.807) is 0 Å². The second-order valence-corrected chi connectivity index (χ2v) is 25.8. The molecule has 472 valence electrons. The lowest BCUT2D eigenvalue weighted by atomic mass is 9.99. The summed E-state index contributed by atoms with van der Waals surface area (Å²) < 4.78 is 0. The van der Waals surface area contributed by atoms with Gasteiger partial charge >= 0.3 is 0 Å². The van der Waals surface area contributed by atoms with E-state index in [0.717, 1.165) is 194 Å². The zero-order chi connectivity index (χ0) is 66.3. The van der Waals surface area contributed by atoms with Crippen molar-refractivity contribution in [2.45, 2.75) is 25.7 Å². The summed E-state index contributed by atoms with van der Waals surface area (Å²) in [6.45, 7) is 0. The number of H-pyrrole nitrogens is 4. The molecule has 2 aliphatic carbocycles. The van der Waals surface area contributed by atoms with Gasteiger partial charge in [-0.1, -0.05) is 121 Å². The number of allylic oxidation sites excluding steroid dienone is 6. The summed E-state index contributed by atoms with van der Waals surface area (Å²) in [7, 11) is 0. The van der Waals surface area contributed by atoms with E-state index in [4.69, 9.17) is 30.2 Å². The Morgan fingerprint density at radius 2 is 0.550 bits per heavy atom. The third kappa shape index (κ3) is 12.7. The van der Waals surface area contributed by atoms with Crippen LogP contribution in [0.3, 0.4) is 0 Å². The van der Waals surface area contributed by atoms with E-state index in [1.807, 2.05) is 36.4 Å². The Kier molecular flexibility index (Phi) is 15.2. The molecule has 6 aromatic heterocycles. The van der Waals surface area contributed by atoms with Crippen molar-refractivity contribution < 1.29 is 0 Å². The van der Waals surface area contributed by atoms with Gasteiger partial charge in [0.05, 0.1) is 56.9 Å². The number of fused-ring (bicyclic) bond motifs is 16. The highest BCUT2D eigenvalue weighted by atomic mass is 15.1. The molecule has 16 bridgehead atoms. The fraction of sp³-hybridized carbons (Fsp3) is 0.0444. The van der Waals surface area contributed by atoms with Crippen molar-refractivity contribution in [2.24, 2.45) is 10.2 Å². The third-order valence-corrected chi connectivity index (χ3v) is 18.8. The monoisotopic (exact) mass is 1280 g/mol. The standard InChI is InChI=1S/C90H62N10/c1-3-59(9-7-57-11-15-61(16-12-57)67-27-29-69(49-67)63-19-23-65(24-20-63)89-85-43-39-79(95-85)53-75-35-31-71(91-75)51-72-32-36-76(92-72)54-80-40-44-86(89)96-80)47-83(5-1)99-100-84-6-2-4-60(48-84)10-8-58-13-17-62(18-14-58)68-28-30-70(50-68)64-21-25-66(26-22-64)90-87-45-41-81(97-87)55-77-37-33-73(93-77)52-74-34-38-78(94-74)56-82-42-46-88(90)98-82/h1-6,11-48,51-56,91,93,96,98H,7-10H2. The molecule has 0 radical (unpaired) electrons. The van der Waals surface area contributed by atoms with E-state index in [0.29, 0.717) is 0 Å². The Labute approximate surface area is 577 Å². The average Bonchev–Trinajstić information content (AvgIpc) is 1.63. The van der Waals surface area contributed by atoms with Crippen LogP contribution in [0.1, 0.15) is 90.1 Å². The maximum absolute atomic E-state index is 5.11. The lowest BCUT2D eigenvalue weighted by molar-refractivity contribution is 0.957. The van der Waals surface area contributed by atoms with Gasteiger partial charge in [0.25, 0.3) is 0 Å². The summed E-state index contributed by atoms with van der Waals surface area (Å²) in [6, 6.07) is 81.3. The van der Waals surface area contributed by atoms with Gasteiger partial charge in [0.1, 0.15) is 0 Å². The number of nitrogens with one attached hydrogen (secondary N) is 4. The second-order valence-electron chi connectivity index (χ2n) is 25.8. The van der Waals surface area contributed by atoms with Crippen LogP contribution in [0.4, 0.5) is 11.4 Å². The van der Waals surface area contributed by atoms with Crippen LogP contribution in [0.5, 0.6) is 0 Å². The molecule has 4 aliphatic heterocycles. The van der Waals surface area contributed by atoms with E-state index in [1.165, 1.54) is 22.3 Å². The molecular formula is C90H62N10. The number of rotatable bonds is 14. The first-order valence-electron chi connectivity index (χ1n) is 33.8. The van der Waals surface area contributed by atoms with E-state index in [2.05, 4.69) is 298 Å². The van der Waals surface area contributed by atoms with E-state index >= 15 is 0 Å². The number of azo groups is 1. The van der Waals surface area contributed by atoms with Crippen molar-refractivity contribution >= 4 is 126 Å². The average molecular weight is 1280 g/mol. The van der Waals surface area contributed by atoms with Crippen LogP contribution in [-0.4, -0.2) is 39.9 Å². The first-order chi connectivity index (χ1) is 49.3. The molecule has 10 heterocycles. The van der Waals surface area contributed by atoms with E-state index < -0.39 is 0 Å². The highest BCUT2D eigenvalue weighted by Crippen LogP contribution is 2.36. The van der Waals surface area contributed by atoms with Gasteiger partial charge < -0.3 is 19.9 Å². The molecular weight excluding hydrogens is 1220 g/mol. The van der Waals surface area contributed by atoms with Crippen LogP contribution >= 0.6 is 0 Å². The summed E-state index contributed by atoms with van der Waals surface area (Å²) in [5.74, 6) is 0. The normalized spacial score (nSPS) is 13.4. The van der Waals surface area contributed by atoms with Crippen molar-refractivity contribution in [3.05, 3.63) is 356 Å². The van der Waals surface area contributed by atoms with Crippen molar-refractivity contribution in [2.75, 3.05) is 0 Å². The Hall–Kier alpha value is -13.4. The molecule has 10 heteroatoms. The van der Waals surface area contributed by atoms with Crippen LogP contribution in [0.15, 0.2) is 277 Å². The van der Waals surface area contributed by atoms with Crippen LogP contribution < -0.4 is 0 Å². The van der Waals surface area contributed by atoms with Gasteiger partial charge in [-0.3, -0.25) is 0 Å². The maximum Gasteiger partial charge on any atom is 0.0859 e. The minimum atomic E-state index is 0.843. The van der Waals surface area contributed by atoms with Gasteiger partial charge in [-0.05, 0) is 263 Å². The smallest absolute Gasteiger partial charge is 0.0859 e. The molecule has 0 unspecified atom stereocenters. The molecule has 0 saturated carbocycles. The summed E-state index contributed by atoms with van der Waals surface area (Å²) in [6.07, 6.45) is 28.8. The van der Waals surface area contributed by atoms with Gasteiger partial charge in [0.2, 0.25) is 0 Å². The largest absolute Gasteiger partial charge is 0.355 e. The van der Waals surface area contributed by atoms with Crippen LogP contribution in [0.25, 0.3) is 137 Å². The van der Waals surface area contributed by atoms with Crippen molar-refractivity contribution in [1.82, 2.24) is 39.9 Å². The molecule has 6 aromatic carbocycles. The predicted molar refractivity (Wildman–Crippen MR) is 412 cm³/mol. The van der Waals surface area contributed by atoms with Gasteiger partial charge in [0.15, 0.2) is 0 Å². The number of hydrogen-bond donors (Lipinski definition) is 4. The molecule has 12 aromatic rings. The van der Waals surface area contributed by atoms with Crippen LogP contribution in [0, 0.1) is 0 Å². The zero-order valence-corrected chi connectivity index (χ0v) is 54.4. The molecule has 6 aliphatic rings. The highest BCUT2D eigenvalue weighted by Gasteiger charge is 2.17. The summed E-state index contributed by atoms with van der Waals surface area (Å²) in [5, 5.41) is 9.40. The van der Waals surface area contributed by atoms with Crippen LogP contribution in [0.2, 0.25) is 0 Å². The highest BCUT2D eigenvalue weighted by molar-refractivity contribution is 5.96. The lowest BCUT2D eigenvalue weighted by Crippen LogP contribution is -1.92. The Balaban J connectivity index is 0.499. The number of aryl methyl sites for hydroxylation is 4. The van der Waals surface area contributed by atoms with Gasteiger partial charge in [-0.15, -0.1) is 11.5 Å². The Morgan fingerprint density at radius 1 is 0.250 bits per heavy atom. The number of aromatic amines is 4. The molecule has 18 rings (SSSR count). The first kappa shape index (κ1) is 59.2. The van der Waals surface area contributed by atoms with Gasteiger partial charge in [-0.2, -0.15) is 10.2 Å². The number of hydrogen-bond acceptors (Lipinski definition) is 6. The van der Waals surface area contributed by atoms with E-state index in [-0.39, 0.29) is 0 Å².